The zero-order valence-electron chi connectivity index (χ0n) is 19.0. The molecule has 8 heteroatoms. The predicted molar refractivity (Wildman–Crippen MR) is 134 cm³/mol. The van der Waals surface area contributed by atoms with Crippen molar-refractivity contribution in [2.75, 3.05) is 11.5 Å². The summed E-state index contributed by atoms with van der Waals surface area (Å²) in [6.07, 6.45) is 0. The molecule has 1 unspecified atom stereocenters. The normalized spacial score (nSPS) is 17.3. The van der Waals surface area contributed by atoms with Gasteiger partial charge in [-0.25, -0.2) is 4.39 Å². The maximum absolute atomic E-state index is 15.0. The Balaban J connectivity index is 1.85. The lowest BCUT2D eigenvalue weighted by atomic mass is 9.94. The molecule has 0 spiro atoms. The first-order valence-corrected chi connectivity index (χ1v) is 11.7. The number of Topliss-reactive ketones (excluding diaryl/α,β-unsaturated/α-hetero) is 1. The molecule has 0 saturated carbocycles. The number of rotatable bonds is 6. The predicted octanol–water partition coefficient (Wildman–Crippen LogP) is 6.79. The van der Waals surface area contributed by atoms with Gasteiger partial charge in [0, 0.05) is 16.8 Å². The number of hydrogen-bond donors (Lipinski definition) is 1. The maximum atomic E-state index is 15.0. The van der Waals surface area contributed by atoms with Crippen molar-refractivity contribution in [3.05, 3.63) is 99.3 Å². The Bertz CT molecular complexity index is 1320. The first-order valence-electron chi connectivity index (χ1n) is 10.9. The van der Waals surface area contributed by atoms with Gasteiger partial charge in [0.05, 0.1) is 28.3 Å². The number of aliphatic hydroxyl groups excluding tert-OH is 1. The first-order chi connectivity index (χ1) is 16.7. The van der Waals surface area contributed by atoms with Gasteiger partial charge in [-0.15, -0.1) is 0 Å². The first kappa shape index (κ1) is 24.8. The van der Waals surface area contributed by atoms with Crippen molar-refractivity contribution in [2.45, 2.75) is 19.9 Å². The average molecular weight is 514 g/mol. The van der Waals surface area contributed by atoms with E-state index >= 15 is 0 Å². The minimum absolute atomic E-state index is 0.0520. The van der Waals surface area contributed by atoms with Crippen LogP contribution >= 0.6 is 23.2 Å². The van der Waals surface area contributed by atoms with Crippen LogP contribution in [0.4, 0.5) is 10.1 Å². The second kappa shape index (κ2) is 10.1. The van der Waals surface area contributed by atoms with Crippen LogP contribution in [0.5, 0.6) is 5.75 Å². The number of carbonyl (C=O) groups is 2. The SMILES string of the molecule is CC(C)COc1ccc(/C(O)=C2\C(=O)C(=O)N(c3ccc(Cl)c(Cl)c3)C2c2ccccc2F)cc1. The Kier molecular flexibility index (Phi) is 7.15. The summed E-state index contributed by atoms with van der Waals surface area (Å²) in [7, 11) is 0. The van der Waals surface area contributed by atoms with Crippen molar-refractivity contribution in [1.29, 1.82) is 0 Å². The quantitative estimate of drug-likeness (QED) is 0.223. The number of ketones is 1. The van der Waals surface area contributed by atoms with E-state index in [1.807, 2.05) is 13.8 Å². The highest BCUT2D eigenvalue weighted by Crippen LogP contribution is 2.44. The summed E-state index contributed by atoms with van der Waals surface area (Å²) in [4.78, 5) is 27.5. The van der Waals surface area contributed by atoms with Crippen molar-refractivity contribution < 1.29 is 23.8 Å². The van der Waals surface area contributed by atoms with E-state index in [1.54, 1.807) is 30.3 Å². The highest BCUT2D eigenvalue weighted by atomic mass is 35.5. The van der Waals surface area contributed by atoms with Crippen LogP contribution in [0.15, 0.2) is 72.3 Å². The third-order valence-corrected chi connectivity index (χ3v) is 6.28. The molecule has 1 aliphatic heterocycles. The molecule has 1 fully saturated rings. The van der Waals surface area contributed by atoms with Crippen molar-refractivity contribution in [1.82, 2.24) is 0 Å². The molecule has 1 aliphatic rings. The molecule has 0 bridgehead atoms. The molecule has 180 valence electrons. The summed E-state index contributed by atoms with van der Waals surface area (Å²) in [6, 6.07) is 15.4. The summed E-state index contributed by atoms with van der Waals surface area (Å²) in [6.45, 7) is 4.57. The van der Waals surface area contributed by atoms with Crippen LogP contribution in [0.3, 0.4) is 0 Å². The molecular formula is C27H22Cl2FNO4. The van der Waals surface area contributed by atoms with Gasteiger partial charge < -0.3 is 9.84 Å². The van der Waals surface area contributed by atoms with Gasteiger partial charge in [-0.1, -0.05) is 55.2 Å². The Morgan fingerprint density at radius 3 is 2.34 bits per heavy atom. The third kappa shape index (κ3) is 4.90. The van der Waals surface area contributed by atoms with Crippen molar-refractivity contribution in [3.8, 4) is 5.75 Å². The second-order valence-electron chi connectivity index (χ2n) is 8.52. The van der Waals surface area contributed by atoms with Crippen LogP contribution in [0.1, 0.15) is 31.0 Å². The minimum Gasteiger partial charge on any atom is -0.507 e. The Labute approximate surface area is 212 Å². The number of hydrogen-bond acceptors (Lipinski definition) is 4. The number of anilines is 1. The van der Waals surface area contributed by atoms with Crippen LogP contribution in [0, 0.1) is 11.7 Å². The molecule has 0 aliphatic carbocycles. The lowest BCUT2D eigenvalue weighted by Crippen LogP contribution is -2.29. The standard InChI is InChI=1S/C27H22Cl2FNO4/c1-15(2)14-35-18-10-7-16(8-11-18)25(32)23-24(19-5-3-4-6-22(19)30)31(27(34)26(23)33)17-9-12-20(28)21(29)13-17/h3-13,15,24,32H,14H2,1-2H3/b25-23+. The molecule has 3 aromatic rings. The van der Waals surface area contributed by atoms with E-state index in [9.17, 15) is 19.1 Å². The Hall–Kier alpha value is -3.35. The van der Waals surface area contributed by atoms with Gasteiger partial charge in [0.1, 0.15) is 17.3 Å². The molecule has 0 aromatic heterocycles. The van der Waals surface area contributed by atoms with Crippen LogP contribution in [-0.2, 0) is 9.59 Å². The lowest BCUT2D eigenvalue weighted by molar-refractivity contribution is -0.132. The second-order valence-corrected chi connectivity index (χ2v) is 9.33. The molecule has 1 N–H and O–H groups in total. The molecule has 3 aromatic carbocycles. The lowest BCUT2D eigenvalue weighted by Gasteiger charge is -2.26. The van der Waals surface area contributed by atoms with Gasteiger partial charge in [-0.05, 0) is 54.4 Å². The minimum atomic E-state index is -1.22. The number of nitrogens with zero attached hydrogens (tertiary/aromatic N) is 1. The summed E-state index contributed by atoms with van der Waals surface area (Å²) < 4.78 is 20.6. The van der Waals surface area contributed by atoms with E-state index in [0.717, 1.165) is 4.90 Å². The van der Waals surface area contributed by atoms with E-state index in [4.69, 9.17) is 27.9 Å². The fraction of sp³-hybridized carbons (Fsp3) is 0.185. The summed E-state index contributed by atoms with van der Waals surface area (Å²) in [5.41, 5.74) is 0.347. The molecule has 4 rings (SSSR count). The topological polar surface area (TPSA) is 66.8 Å². The molecule has 35 heavy (non-hydrogen) atoms. The molecule has 5 nitrogen and oxygen atoms in total. The number of carbonyl (C=O) groups excluding carboxylic acids is 2. The summed E-state index contributed by atoms with van der Waals surface area (Å²) in [5, 5.41) is 11.6. The molecule has 0 radical (unpaired) electrons. The van der Waals surface area contributed by atoms with E-state index in [2.05, 4.69) is 0 Å². The van der Waals surface area contributed by atoms with E-state index in [1.165, 1.54) is 36.4 Å². The monoisotopic (exact) mass is 513 g/mol. The highest BCUT2D eigenvalue weighted by Gasteiger charge is 2.47. The maximum Gasteiger partial charge on any atom is 0.300 e. The number of halogens is 3. The molecule has 1 heterocycles. The van der Waals surface area contributed by atoms with Crippen LogP contribution in [-0.4, -0.2) is 23.4 Å². The number of benzene rings is 3. The summed E-state index contributed by atoms with van der Waals surface area (Å²) >= 11 is 12.2. The van der Waals surface area contributed by atoms with E-state index in [-0.39, 0.29) is 32.4 Å². The fourth-order valence-electron chi connectivity index (χ4n) is 3.85. The third-order valence-electron chi connectivity index (χ3n) is 5.54. The van der Waals surface area contributed by atoms with Crippen LogP contribution in [0.25, 0.3) is 5.76 Å². The number of aliphatic hydroxyl groups is 1. The number of amides is 1. The van der Waals surface area contributed by atoms with Crippen molar-refractivity contribution in [3.63, 3.8) is 0 Å². The van der Waals surface area contributed by atoms with Gasteiger partial charge in [-0.2, -0.15) is 0 Å². The van der Waals surface area contributed by atoms with Crippen molar-refractivity contribution in [2.24, 2.45) is 5.92 Å². The molecule has 1 saturated heterocycles. The van der Waals surface area contributed by atoms with Crippen LogP contribution < -0.4 is 9.64 Å². The zero-order valence-corrected chi connectivity index (χ0v) is 20.5. The molecular weight excluding hydrogens is 492 g/mol. The van der Waals surface area contributed by atoms with Gasteiger partial charge in [0.15, 0.2) is 0 Å². The van der Waals surface area contributed by atoms with Gasteiger partial charge in [0.25, 0.3) is 11.7 Å². The van der Waals surface area contributed by atoms with Gasteiger partial charge >= 0.3 is 0 Å². The Morgan fingerprint density at radius 1 is 1.03 bits per heavy atom. The van der Waals surface area contributed by atoms with E-state index in [0.29, 0.717) is 18.3 Å². The van der Waals surface area contributed by atoms with Gasteiger partial charge in [0.2, 0.25) is 0 Å². The van der Waals surface area contributed by atoms with E-state index < -0.39 is 29.3 Å². The molecule has 1 atom stereocenters. The highest BCUT2D eigenvalue weighted by molar-refractivity contribution is 6.52. The summed E-state index contributed by atoms with van der Waals surface area (Å²) in [5.74, 6) is -1.99. The molecule has 1 amide bonds. The van der Waals surface area contributed by atoms with Crippen molar-refractivity contribution >= 4 is 46.3 Å². The fourth-order valence-corrected chi connectivity index (χ4v) is 4.14. The van der Waals surface area contributed by atoms with Crippen LogP contribution in [0.2, 0.25) is 10.0 Å². The zero-order chi connectivity index (χ0) is 25.3. The number of ether oxygens (including phenoxy) is 1. The average Bonchev–Trinajstić information content (AvgIpc) is 3.10. The largest absolute Gasteiger partial charge is 0.507 e. The Morgan fingerprint density at radius 2 is 1.71 bits per heavy atom. The smallest absolute Gasteiger partial charge is 0.300 e. The van der Waals surface area contributed by atoms with Gasteiger partial charge in [-0.3, -0.25) is 14.5 Å².